The number of carbonyl (C=O) groups excluding carboxylic acids is 1. The fraction of sp³-hybridized carbons (Fsp3) is 0.600. The maximum atomic E-state index is 11.7. The van der Waals surface area contributed by atoms with Gasteiger partial charge in [0.05, 0.1) is 13.2 Å². The minimum Gasteiger partial charge on any atom is -0.494 e. The van der Waals surface area contributed by atoms with Gasteiger partial charge in [-0.2, -0.15) is 0 Å². The summed E-state index contributed by atoms with van der Waals surface area (Å²) >= 11 is 0. The van der Waals surface area contributed by atoms with E-state index in [-0.39, 0.29) is 12.0 Å². The quantitative estimate of drug-likeness (QED) is 0.536. The Hall–Kier alpha value is -2.44. The lowest BCUT2D eigenvalue weighted by atomic mass is 10.1. The van der Waals surface area contributed by atoms with Crippen LogP contribution in [0.1, 0.15) is 38.3 Å². The summed E-state index contributed by atoms with van der Waals surface area (Å²) in [5.41, 5.74) is 2.18. The van der Waals surface area contributed by atoms with Gasteiger partial charge in [-0.1, -0.05) is 0 Å². The third-order valence-corrected chi connectivity index (χ3v) is 4.26. The molecule has 0 saturated heterocycles. The molecule has 1 aromatic carbocycles. The molecule has 150 valence electrons. The molecule has 0 saturated carbocycles. The van der Waals surface area contributed by atoms with Crippen LogP contribution in [0.3, 0.4) is 0 Å². The molecule has 1 amide bonds. The molecule has 2 N–H and O–H groups in total. The average molecular weight is 377 g/mol. The standard InChI is InChI=1S/C20H32N4O3/c1-6-21-20(22-9-8-19(25)24(4)5)23-13-16-12-18-15(10-14(3)27-18)11-17(16)26-7-2/h11-12,14H,6-10,13H2,1-5H3,(H2,21,22,23). The molecular formula is C20H32N4O3. The van der Waals surface area contributed by atoms with Crippen molar-refractivity contribution in [3.05, 3.63) is 23.3 Å². The number of hydrogen-bond acceptors (Lipinski definition) is 4. The van der Waals surface area contributed by atoms with Crippen LogP contribution >= 0.6 is 0 Å². The number of hydrogen-bond donors (Lipinski definition) is 2. The van der Waals surface area contributed by atoms with E-state index < -0.39 is 0 Å². The molecule has 0 bridgehead atoms. The lowest BCUT2D eigenvalue weighted by Gasteiger charge is -2.14. The van der Waals surface area contributed by atoms with Crippen molar-refractivity contribution >= 4 is 11.9 Å². The molecule has 0 aliphatic carbocycles. The summed E-state index contributed by atoms with van der Waals surface area (Å²) in [6.07, 6.45) is 1.52. The molecule has 0 aromatic heterocycles. The highest BCUT2D eigenvalue weighted by atomic mass is 16.5. The highest BCUT2D eigenvalue weighted by molar-refractivity contribution is 5.81. The first-order chi connectivity index (χ1) is 12.9. The Morgan fingerprint density at radius 3 is 2.78 bits per heavy atom. The fourth-order valence-corrected chi connectivity index (χ4v) is 2.91. The molecule has 0 fully saturated rings. The predicted molar refractivity (Wildman–Crippen MR) is 108 cm³/mol. The van der Waals surface area contributed by atoms with Crippen LogP contribution in [0.15, 0.2) is 17.1 Å². The second-order valence-corrected chi connectivity index (χ2v) is 6.79. The zero-order chi connectivity index (χ0) is 19.8. The molecule has 0 spiro atoms. The van der Waals surface area contributed by atoms with Gasteiger partial charge in [-0.15, -0.1) is 0 Å². The molecule has 7 heteroatoms. The molecule has 7 nitrogen and oxygen atoms in total. The molecule has 1 unspecified atom stereocenters. The number of aliphatic imine (C=N–C) groups is 1. The average Bonchev–Trinajstić information content (AvgIpc) is 2.98. The molecule has 1 aliphatic rings. The molecule has 2 rings (SSSR count). The summed E-state index contributed by atoms with van der Waals surface area (Å²) in [5, 5.41) is 6.42. The van der Waals surface area contributed by atoms with Gasteiger partial charge < -0.3 is 25.0 Å². The zero-order valence-electron chi connectivity index (χ0n) is 17.1. The van der Waals surface area contributed by atoms with Crippen LogP contribution in [0.4, 0.5) is 0 Å². The number of rotatable bonds is 8. The molecule has 0 radical (unpaired) electrons. The Morgan fingerprint density at radius 2 is 2.11 bits per heavy atom. The number of fused-ring (bicyclic) bond motifs is 1. The monoisotopic (exact) mass is 376 g/mol. The van der Waals surface area contributed by atoms with E-state index in [4.69, 9.17) is 9.47 Å². The highest BCUT2D eigenvalue weighted by Gasteiger charge is 2.21. The van der Waals surface area contributed by atoms with Crippen LogP contribution in [0.5, 0.6) is 11.5 Å². The highest BCUT2D eigenvalue weighted by Crippen LogP contribution is 2.35. The smallest absolute Gasteiger partial charge is 0.223 e. The van der Waals surface area contributed by atoms with Gasteiger partial charge in [0.1, 0.15) is 17.6 Å². The van der Waals surface area contributed by atoms with E-state index in [0.29, 0.717) is 32.1 Å². The van der Waals surface area contributed by atoms with Crippen molar-refractivity contribution in [3.63, 3.8) is 0 Å². The van der Waals surface area contributed by atoms with Crippen LogP contribution in [0.25, 0.3) is 0 Å². The van der Waals surface area contributed by atoms with Crippen LogP contribution in [-0.4, -0.2) is 56.7 Å². The summed E-state index contributed by atoms with van der Waals surface area (Å²) in [5.74, 6) is 2.55. The van der Waals surface area contributed by atoms with Gasteiger partial charge in [0.25, 0.3) is 0 Å². The topological polar surface area (TPSA) is 75.2 Å². The van der Waals surface area contributed by atoms with Crippen molar-refractivity contribution in [2.45, 2.75) is 46.3 Å². The van der Waals surface area contributed by atoms with E-state index in [1.165, 1.54) is 5.56 Å². The van der Waals surface area contributed by atoms with Crippen molar-refractivity contribution < 1.29 is 14.3 Å². The minimum absolute atomic E-state index is 0.0851. The van der Waals surface area contributed by atoms with E-state index >= 15 is 0 Å². The maximum Gasteiger partial charge on any atom is 0.223 e. The van der Waals surface area contributed by atoms with Crippen LogP contribution < -0.4 is 20.1 Å². The largest absolute Gasteiger partial charge is 0.494 e. The van der Waals surface area contributed by atoms with Gasteiger partial charge in [0.2, 0.25) is 5.91 Å². The van der Waals surface area contributed by atoms with Crippen molar-refractivity contribution in [2.24, 2.45) is 4.99 Å². The van der Waals surface area contributed by atoms with Gasteiger partial charge in [0, 0.05) is 51.2 Å². The molecule has 27 heavy (non-hydrogen) atoms. The molecular weight excluding hydrogens is 344 g/mol. The maximum absolute atomic E-state index is 11.7. The number of carbonyl (C=O) groups is 1. The number of amides is 1. The van der Waals surface area contributed by atoms with Gasteiger partial charge in [-0.05, 0) is 32.9 Å². The second-order valence-electron chi connectivity index (χ2n) is 6.79. The number of guanidine groups is 1. The summed E-state index contributed by atoms with van der Waals surface area (Å²) in [4.78, 5) is 17.9. The second kappa shape index (κ2) is 10.0. The molecule has 1 heterocycles. The van der Waals surface area contributed by atoms with Crippen molar-refractivity contribution in [1.82, 2.24) is 15.5 Å². The van der Waals surface area contributed by atoms with E-state index in [0.717, 1.165) is 30.0 Å². The summed E-state index contributed by atoms with van der Waals surface area (Å²) in [6, 6.07) is 4.11. The third-order valence-electron chi connectivity index (χ3n) is 4.26. The Kier molecular flexibility index (Phi) is 7.76. The van der Waals surface area contributed by atoms with Gasteiger partial charge in [-0.25, -0.2) is 4.99 Å². The van der Waals surface area contributed by atoms with E-state index in [1.807, 2.05) is 19.9 Å². The van der Waals surface area contributed by atoms with E-state index in [2.05, 4.69) is 28.6 Å². The lowest BCUT2D eigenvalue weighted by molar-refractivity contribution is -0.128. The number of nitrogens with one attached hydrogen (secondary N) is 2. The Bertz CT molecular complexity index is 673. The fourth-order valence-electron chi connectivity index (χ4n) is 2.91. The number of benzene rings is 1. The van der Waals surface area contributed by atoms with Crippen LogP contribution in [0, 0.1) is 0 Å². The van der Waals surface area contributed by atoms with Crippen LogP contribution in [-0.2, 0) is 17.8 Å². The van der Waals surface area contributed by atoms with Crippen molar-refractivity contribution in [1.29, 1.82) is 0 Å². The van der Waals surface area contributed by atoms with Gasteiger partial charge in [-0.3, -0.25) is 4.79 Å². The summed E-state index contributed by atoms with van der Waals surface area (Å²) < 4.78 is 11.7. The number of nitrogens with zero attached hydrogens (tertiary/aromatic N) is 2. The molecule has 1 aliphatic heterocycles. The van der Waals surface area contributed by atoms with E-state index in [9.17, 15) is 4.79 Å². The Morgan fingerprint density at radius 1 is 1.33 bits per heavy atom. The van der Waals surface area contributed by atoms with Gasteiger partial charge in [0.15, 0.2) is 5.96 Å². The van der Waals surface area contributed by atoms with Crippen LogP contribution in [0.2, 0.25) is 0 Å². The van der Waals surface area contributed by atoms with Crippen molar-refractivity contribution in [2.75, 3.05) is 33.8 Å². The summed E-state index contributed by atoms with van der Waals surface area (Å²) in [7, 11) is 3.52. The SMILES string of the molecule is CCNC(=NCc1cc2c(cc1OCC)CC(C)O2)NCCC(=O)N(C)C. The first-order valence-corrected chi connectivity index (χ1v) is 9.62. The minimum atomic E-state index is 0.0851. The Labute approximate surface area is 162 Å². The van der Waals surface area contributed by atoms with Gasteiger partial charge >= 0.3 is 0 Å². The first-order valence-electron chi connectivity index (χ1n) is 9.62. The first kappa shape index (κ1) is 20.9. The molecule has 1 atom stereocenters. The third kappa shape index (κ3) is 6.05. The molecule has 1 aromatic rings. The lowest BCUT2D eigenvalue weighted by Crippen LogP contribution is -2.39. The zero-order valence-corrected chi connectivity index (χ0v) is 17.1. The summed E-state index contributed by atoms with van der Waals surface area (Å²) in [6.45, 7) is 8.42. The van der Waals surface area contributed by atoms with Crippen molar-refractivity contribution in [3.8, 4) is 11.5 Å². The van der Waals surface area contributed by atoms with E-state index in [1.54, 1.807) is 19.0 Å². The Balaban J connectivity index is 2.07. The number of ether oxygens (including phenoxy) is 2. The predicted octanol–water partition coefficient (Wildman–Crippen LogP) is 1.94. The normalized spacial score (nSPS) is 15.7.